The maximum Gasteiger partial charge on any atom is 0.264 e. The van der Waals surface area contributed by atoms with Gasteiger partial charge in [0.15, 0.2) is 5.60 Å². The highest BCUT2D eigenvalue weighted by atomic mass is 79.9. The molecule has 0 spiro atoms. The number of anilines is 1. The van der Waals surface area contributed by atoms with Crippen LogP contribution in [0.3, 0.4) is 0 Å². The number of carbonyl (C=O) groups is 2. The van der Waals surface area contributed by atoms with Crippen LogP contribution in [0.5, 0.6) is 5.75 Å². The van der Waals surface area contributed by atoms with E-state index in [1.54, 1.807) is 18.2 Å². The van der Waals surface area contributed by atoms with E-state index in [1.807, 2.05) is 30.3 Å². The minimum absolute atomic E-state index is 0.245. The molecule has 1 heterocycles. The van der Waals surface area contributed by atoms with Gasteiger partial charge in [0.1, 0.15) is 18.1 Å². The van der Waals surface area contributed by atoms with Crippen molar-refractivity contribution < 1.29 is 19.4 Å². The summed E-state index contributed by atoms with van der Waals surface area (Å²) >= 11 is 3.36. The number of hydrogen-bond donors (Lipinski definition) is 1. The summed E-state index contributed by atoms with van der Waals surface area (Å²) in [5.41, 5.74) is -0.770. The Labute approximate surface area is 154 Å². The number of rotatable bonds is 6. The van der Waals surface area contributed by atoms with Gasteiger partial charge in [-0.05, 0) is 37.3 Å². The highest BCUT2D eigenvalue weighted by Crippen LogP contribution is 2.43. The highest BCUT2D eigenvalue weighted by molar-refractivity contribution is 9.10. The Morgan fingerprint density at radius 3 is 2.64 bits per heavy atom. The number of carbonyl (C=O) groups excluding carboxylic acids is 2. The molecule has 6 heteroatoms. The molecule has 0 fully saturated rings. The van der Waals surface area contributed by atoms with E-state index in [1.165, 1.54) is 11.8 Å². The van der Waals surface area contributed by atoms with Gasteiger partial charge in [0.2, 0.25) is 0 Å². The quantitative estimate of drug-likeness (QED) is 0.804. The van der Waals surface area contributed by atoms with Crippen molar-refractivity contribution in [1.82, 2.24) is 0 Å². The maximum atomic E-state index is 12.8. The van der Waals surface area contributed by atoms with E-state index < -0.39 is 11.5 Å². The smallest absolute Gasteiger partial charge is 0.264 e. The number of aliphatic hydroxyl groups is 1. The molecule has 0 aromatic heterocycles. The first-order valence-electron chi connectivity index (χ1n) is 7.93. The first-order chi connectivity index (χ1) is 11.9. The number of ether oxygens (including phenoxy) is 1. The zero-order valence-corrected chi connectivity index (χ0v) is 15.3. The number of fused-ring (bicyclic) bond motifs is 1. The largest absolute Gasteiger partial charge is 0.492 e. The molecule has 1 aliphatic rings. The summed E-state index contributed by atoms with van der Waals surface area (Å²) < 4.78 is 6.39. The maximum absolute atomic E-state index is 12.8. The fourth-order valence-electron chi connectivity index (χ4n) is 3.05. The van der Waals surface area contributed by atoms with Crippen molar-refractivity contribution >= 4 is 33.3 Å². The van der Waals surface area contributed by atoms with Gasteiger partial charge < -0.3 is 14.7 Å². The Morgan fingerprint density at radius 1 is 1.24 bits per heavy atom. The third-order valence-electron chi connectivity index (χ3n) is 4.13. The predicted octanol–water partition coefficient (Wildman–Crippen LogP) is 3.04. The summed E-state index contributed by atoms with van der Waals surface area (Å²) in [6.45, 7) is 1.92. The highest BCUT2D eigenvalue weighted by Gasteiger charge is 2.50. The lowest BCUT2D eigenvalue weighted by atomic mass is 9.90. The number of amides is 1. The molecule has 2 aromatic rings. The second-order valence-corrected chi connectivity index (χ2v) is 6.93. The van der Waals surface area contributed by atoms with E-state index in [0.29, 0.717) is 17.0 Å². The molecule has 130 valence electrons. The van der Waals surface area contributed by atoms with Crippen molar-refractivity contribution in [2.75, 3.05) is 18.1 Å². The molecule has 0 radical (unpaired) electrons. The van der Waals surface area contributed by atoms with Crippen LogP contribution in [-0.2, 0) is 15.2 Å². The van der Waals surface area contributed by atoms with E-state index in [9.17, 15) is 14.7 Å². The molecule has 3 rings (SSSR count). The number of nitrogens with zero attached hydrogens (tertiary/aromatic N) is 1. The lowest BCUT2D eigenvalue weighted by Gasteiger charge is -2.22. The number of hydrogen-bond acceptors (Lipinski definition) is 4. The molecule has 0 saturated carbocycles. The molecule has 1 unspecified atom stereocenters. The normalized spacial score (nSPS) is 19.0. The Hall–Kier alpha value is -2.18. The van der Waals surface area contributed by atoms with Gasteiger partial charge in [-0.15, -0.1) is 0 Å². The van der Waals surface area contributed by atoms with Crippen LogP contribution in [-0.4, -0.2) is 29.9 Å². The molecule has 1 atom stereocenters. The Balaban J connectivity index is 1.83. The van der Waals surface area contributed by atoms with E-state index in [0.717, 1.165) is 4.47 Å². The lowest BCUT2D eigenvalue weighted by Crippen LogP contribution is -2.43. The van der Waals surface area contributed by atoms with Gasteiger partial charge in [-0.3, -0.25) is 9.59 Å². The molecule has 5 nitrogen and oxygen atoms in total. The van der Waals surface area contributed by atoms with Crippen molar-refractivity contribution in [3.8, 4) is 5.75 Å². The molecular formula is C19H18BrNO4. The number of halogens is 1. The second kappa shape index (κ2) is 6.98. The van der Waals surface area contributed by atoms with Crippen LogP contribution in [0.25, 0.3) is 0 Å². The minimum Gasteiger partial charge on any atom is -0.492 e. The molecule has 25 heavy (non-hydrogen) atoms. The molecule has 0 saturated heterocycles. The topological polar surface area (TPSA) is 66.8 Å². The predicted molar refractivity (Wildman–Crippen MR) is 97.6 cm³/mol. The van der Waals surface area contributed by atoms with Crippen LogP contribution in [0, 0.1) is 0 Å². The zero-order valence-electron chi connectivity index (χ0n) is 13.7. The van der Waals surface area contributed by atoms with Crippen molar-refractivity contribution in [1.29, 1.82) is 0 Å². The van der Waals surface area contributed by atoms with Crippen molar-refractivity contribution in [3.05, 3.63) is 58.6 Å². The summed E-state index contributed by atoms with van der Waals surface area (Å²) in [6, 6.07) is 14.6. The molecule has 0 aliphatic carbocycles. The van der Waals surface area contributed by atoms with Crippen LogP contribution < -0.4 is 9.64 Å². The van der Waals surface area contributed by atoms with Crippen LogP contribution in [0.1, 0.15) is 18.9 Å². The summed E-state index contributed by atoms with van der Waals surface area (Å²) in [5, 5.41) is 10.9. The van der Waals surface area contributed by atoms with Crippen LogP contribution in [0.2, 0.25) is 0 Å². The fourth-order valence-corrected chi connectivity index (χ4v) is 3.41. The van der Waals surface area contributed by atoms with E-state index in [4.69, 9.17) is 4.74 Å². The third kappa shape index (κ3) is 3.45. The van der Waals surface area contributed by atoms with E-state index >= 15 is 0 Å². The zero-order chi connectivity index (χ0) is 18.0. The first kappa shape index (κ1) is 17.6. The van der Waals surface area contributed by atoms with E-state index in [-0.39, 0.29) is 25.4 Å². The van der Waals surface area contributed by atoms with Gasteiger partial charge in [-0.1, -0.05) is 34.1 Å². The molecule has 1 N–H and O–H groups in total. The SMILES string of the molecule is CC(=O)CC1(O)C(=O)N(CCOc2ccccc2)c2ccc(Br)cc21. The number of ketones is 1. The average molecular weight is 404 g/mol. The van der Waals surface area contributed by atoms with Gasteiger partial charge in [-0.25, -0.2) is 0 Å². The molecule has 1 aliphatic heterocycles. The molecule has 1 amide bonds. The van der Waals surface area contributed by atoms with E-state index in [2.05, 4.69) is 15.9 Å². The van der Waals surface area contributed by atoms with Gasteiger partial charge >= 0.3 is 0 Å². The Kier molecular flexibility index (Phi) is 4.92. The molecule has 2 aromatic carbocycles. The molecular weight excluding hydrogens is 386 g/mol. The van der Waals surface area contributed by atoms with Crippen LogP contribution in [0.4, 0.5) is 5.69 Å². The van der Waals surface area contributed by atoms with Crippen LogP contribution in [0.15, 0.2) is 53.0 Å². The standard InChI is InChI=1S/C19H18BrNO4/c1-13(22)12-19(24)16-11-14(20)7-8-17(16)21(18(19)23)9-10-25-15-5-3-2-4-6-15/h2-8,11,24H,9-10,12H2,1H3. The summed E-state index contributed by atoms with van der Waals surface area (Å²) in [7, 11) is 0. The summed E-state index contributed by atoms with van der Waals surface area (Å²) in [6.07, 6.45) is -0.245. The first-order valence-corrected chi connectivity index (χ1v) is 8.73. The summed E-state index contributed by atoms with van der Waals surface area (Å²) in [5.74, 6) is -0.0270. The monoisotopic (exact) mass is 403 g/mol. The van der Waals surface area contributed by atoms with Gasteiger partial charge in [0, 0.05) is 16.5 Å². The number of Topliss-reactive ketones (excluding diaryl/α,β-unsaturated/α-hetero) is 1. The van der Waals surface area contributed by atoms with Gasteiger partial charge in [0.05, 0.1) is 12.2 Å². The lowest BCUT2D eigenvalue weighted by molar-refractivity contribution is -0.141. The Morgan fingerprint density at radius 2 is 1.96 bits per heavy atom. The fraction of sp³-hybridized carbons (Fsp3) is 0.263. The average Bonchev–Trinajstić information content (AvgIpc) is 2.77. The van der Waals surface area contributed by atoms with Gasteiger partial charge in [-0.2, -0.15) is 0 Å². The molecule has 0 bridgehead atoms. The van der Waals surface area contributed by atoms with Crippen molar-refractivity contribution in [2.24, 2.45) is 0 Å². The number of benzene rings is 2. The Bertz CT molecular complexity index is 808. The van der Waals surface area contributed by atoms with Gasteiger partial charge in [0.25, 0.3) is 5.91 Å². The third-order valence-corrected chi connectivity index (χ3v) is 4.62. The van der Waals surface area contributed by atoms with Crippen molar-refractivity contribution in [3.63, 3.8) is 0 Å². The van der Waals surface area contributed by atoms with Crippen molar-refractivity contribution in [2.45, 2.75) is 18.9 Å². The minimum atomic E-state index is -1.82. The second-order valence-electron chi connectivity index (χ2n) is 6.02. The summed E-state index contributed by atoms with van der Waals surface area (Å²) in [4.78, 5) is 25.9. The number of para-hydroxylation sites is 1. The van der Waals surface area contributed by atoms with Crippen LogP contribution >= 0.6 is 15.9 Å².